The Kier molecular flexibility index (Phi) is 5.26. The number of nitrogens with zero attached hydrogens (tertiary/aromatic N) is 4. The number of aryl methyl sites for hydroxylation is 2. The van der Waals surface area contributed by atoms with E-state index in [9.17, 15) is 4.79 Å². The van der Waals surface area contributed by atoms with Crippen LogP contribution in [0.1, 0.15) is 16.8 Å². The van der Waals surface area contributed by atoms with Crippen molar-refractivity contribution in [3.05, 3.63) is 82.0 Å². The molecule has 0 atom stereocenters. The molecule has 1 aliphatic rings. The van der Waals surface area contributed by atoms with E-state index in [-0.39, 0.29) is 18.0 Å². The molecule has 0 amide bonds. The third-order valence-electron chi connectivity index (χ3n) is 5.99. The summed E-state index contributed by atoms with van der Waals surface area (Å²) in [5, 5.41) is 1.30. The third-order valence-corrected chi connectivity index (χ3v) is 5.99. The standard InChI is InChI=1S/C24H24N4O.ClH/c1-16-4-7-21(25-14-16)17-8-11-28(24(29)12-17)18-5-6-19-20-9-10-26(2)15-23(20)27(3)22(19)13-18;/h4-8,11-14H,9-10,15H2,1-3H3;1H. The summed E-state index contributed by atoms with van der Waals surface area (Å²) in [6.07, 6.45) is 4.74. The molecule has 0 aliphatic carbocycles. The summed E-state index contributed by atoms with van der Waals surface area (Å²) in [5.74, 6) is 0. The van der Waals surface area contributed by atoms with Crippen molar-refractivity contribution in [1.82, 2.24) is 19.0 Å². The smallest absolute Gasteiger partial charge is 0.255 e. The summed E-state index contributed by atoms with van der Waals surface area (Å²) in [7, 11) is 4.29. The normalized spacial score (nSPS) is 13.8. The molecule has 0 unspecified atom stereocenters. The van der Waals surface area contributed by atoms with Gasteiger partial charge in [0.1, 0.15) is 0 Å². The Morgan fingerprint density at radius 1 is 1.03 bits per heavy atom. The quantitative estimate of drug-likeness (QED) is 0.490. The molecule has 0 N–H and O–H groups in total. The predicted molar refractivity (Wildman–Crippen MR) is 124 cm³/mol. The molecule has 154 valence electrons. The second-order valence-corrected chi connectivity index (χ2v) is 8.02. The first-order valence-corrected chi connectivity index (χ1v) is 9.96. The van der Waals surface area contributed by atoms with Crippen LogP contribution >= 0.6 is 12.4 Å². The zero-order valence-electron chi connectivity index (χ0n) is 17.4. The molecule has 0 saturated carbocycles. The Morgan fingerprint density at radius 2 is 1.87 bits per heavy atom. The highest BCUT2D eigenvalue weighted by Crippen LogP contribution is 2.31. The number of fused-ring (bicyclic) bond motifs is 3. The van der Waals surface area contributed by atoms with Gasteiger partial charge in [-0.25, -0.2) is 0 Å². The van der Waals surface area contributed by atoms with Gasteiger partial charge in [0, 0.05) is 55.2 Å². The van der Waals surface area contributed by atoms with E-state index in [0.717, 1.165) is 42.0 Å². The molecular weight excluding hydrogens is 396 g/mol. The molecule has 1 aromatic carbocycles. The van der Waals surface area contributed by atoms with E-state index >= 15 is 0 Å². The van der Waals surface area contributed by atoms with Crippen LogP contribution in [0, 0.1) is 6.92 Å². The van der Waals surface area contributed by atoms with Crippen LogP contribution < -0.4 is 5.56 Å². The molecule has 5 rings (SSSR count). The summed E-state index contributed by atoms with van der Waals surface area (Å²) in [6, 6.07) is 13.9. The number of hydrogen-bond donors (Lipinski definition) is 0. The molecule has 4 heterocycles. The summed E-state index contributed by atoms with van der Waals surface area (Å²) in [6.45, 7) is 4.06. The molecule has 0 saturated heterocycles. The number of benzene rings is 1. The summed E-state index contributed by atoms with van der Waals surface area (Å²) in [5.41, 5.74) is 7.59. The van der Waals surface area contributed by atoms with Crippen molar-refractivity contribution >= 4 is 23.3 Å². The maximum absolute atomic E-state index is 12.9. The van der Waals surface area contributed by atoms with Crippen LogP contribution in [-0.4, -0.2) is 32.6 Å². The Bertz CT molecular complexity index is 1290. The van der Waals surface area contributed by atoms with Gasteiger partial charge >= 0.3 is 0 Å². The van der Waals surface area contributed by atoms with Crippen LogP contribution in [0.2, 0.25) is 0 Å². The van der Waals surface area contributed by atoms with Gasteiger partial charge in [-0.15, -0.1) is 12.4 Å². The minimum absolute atomic E-state index is 0. The Labute approximate surface area is 182 Å². The van der Waals surface area contributed by atoms with Gasteiger partial charge in [-0.3, -0.25) is 14.3 Å². The van der Waals surface area contributed by atoms with Crippen LogP contribution in [-0.2, 0) is 20.0 Å². The molecule has 0 fully saturated rings. The highest BCUT2D eigenvalue weighted by atomic mass is 35.5. The number of hydrogen-bond acceptors (Lipinski definition) is 3. The predicted octanol–water partition coefficient (Wildman–Crippen LogP) is 4.11. The molecule has 4 aromatic rings. The Balaban J connectivity index is 0.00000218. The van der Waals surface area contributed by atoms with Gasteiger partial charge in [-0.05, 0) is 55.8 Å². The summed E-state index contributed by atoms with van der Waals surface area (Å²) in [4.78, 5) is 19.6. The first-order valence-electron chi connectivity index (χ1n) is 9.96. The van der Waals surface area contributed by atoms with Gasteiger partial charge < -0.3 is 9.47 Å². The minimum atomic E-state index is -0.0528. The highest BCUT2D eigenvalue weighted by Gasteiger charge is 2.21. The number of aromatic nitrogens is 3. The van der Waals surface area contributed by atoms with Crippen LogP contribution in [0.3, 0.4) is 0 Å². The maximum atomic E-state index is 12.9. The fraction of sp³-hybridized carbons (Fsp3) is 0.250. The Hall–Kier alpha value is -2.89. The molecule has 0 radical (unpaired) electrons. The fourth-order valence-electron chi connectivity index (χ4n) is 4.31. The van der Waals surface area contributed by atoms with Gasteiger partial charge in [0.15, 0.2) is 0 Å². The lowest BCUT2D eigenvalue weighted by Crippen LogP contribution is -2.27. The van der Waals surface area contributed by atoms with Crippen molar-refractivity contribution in [3.8, 4) is 16.9 Å². The molecule has 6 heteroatoms. The van der Waals surface area contributed by atoms with Gasteiger partial charge in [0.2, 0.25) is 0 Å². The van der Waals surface area contributed by atoms with E-state index in [2.05, 4.69) is 40.7 Å². The molecule has 5 nitrogen and oxygen atoms in total. The van der Waals surface area contributed by atoms with Gasteiger partial charge in [0.05, 0.1) is 16.9 Å². The molecule has 3 aromatic heterocycles. The van der Waals surface area contributed by atoms with E-state index in [1.165, 1.54) is 22.2 Å². The van der Waals surface area contributed by atoms with Crippen molar-refractivity contribution < 1.29 is 0 Å². The van der Waals surface area contributed by atoms with Crippen LogP contribution in [0.4, 0.5) is 0 Å². The second kappa shape index (κ2) is 7.74. The first kappa shape index (κ1) is 20.4. The molecule has 1 aliphatic heterocycles. The number of likely N-dealkylation sites (N-methyl/N-ethyl adjacent to an activating group) is 1. The van der Waals surface area contributed by atoms with E-state index in [0.29, 0.717) is 0 Å². The molecular formula is C24H25ClN4O. The largest absolute Gasteiger partial charge is 0.346 e. The fourth-order valence-corrected chi connectivity index (χ4v) is 4.31. The third kappa shape index (κ3) is 3.34. The monoisotopic (exact) mass is 420 g/mol. The average molecular weight is 421 g/mol. The zero-order chi connectivity index (χ0) is 20.1. The van der Waals surface area contributed by atoms with Crippen molar-refractivity contribution in [2.75, 3.05) is 13.6 Å². The minimum Gasteiger partial charge on any atom is -0.346 e. The van der Waals surface area contributed by atoms with Crippen LogP contribution in [0.25, 0.3) is 27.8 Å². The lowest BCUT2D eigenvalue weighted by atomic mass is 10.0. The van der Waals surface area contributed by atoms with Crippen molar-refractivity contribution in [2.45, 2.75) is 19.9 Å². The van der Waals surface area contributed by atoms with E-state index < -0.39 is 0 Å². The van der Waals surface area contributed by atoms with Crippen molar-refractivity contribution in [3.63, 3.8) is 0 Å². The topological polar surface area (TPSA) is 43.1 Å². The molecule has 30 heavy (non-hydrogen) atoms. The number of rotatable bonds is 2. The number of halogens is 1. The van der Waals surface area contributed by atoms with Crippen molar-refractivity contribution in [2.24, 2.45) is 7.05 Å². The van der Waals surface area contributed by atoms with E-state index in [1.807, 2.05) is 43.6 Å². The van der Waals surface area contributed by atoms with Crippen LogP contribution in [0.5, 0.6) is 0 Å². The first-order chi connectivity index (χ1) is 14.0. The van der Waals surface area contributed by atoms with Crippen LogP contribution in [0.15, 0.2) is 59.7 Å². The van der Waals surface area contributed by atoms with Gasteiger partial charge in [0.25, 0.3) is 5.56 Å². The number of pyridine rings is 2. The average Bonchev–Trinajstić information content (AvgIpc) is 2.99. The van der Waals surface area contributed by atoms with E-state index in [1.54, 1.807) is 10.6 Å². The van der Waals surface area contributed by atoms with Gasteiger partial charge in [-0.1, -0.05) is 12.1 Å². The maximum Gasteiger partial charge on any atom is 0.255 e. The highest BCUT2D eigenvalue weighted by molar-refractivity contribution is 5.87. The molecule has 0 bridgehead atoms. The SMILES string of the molecule is Cc1ccc(-c2ccn(-c3ccc4c5c(n(C)c4c3)CN(C)CC5)c(=O)c2)nc1.Cl. The summed E-state index contributed by atoms with van der Waals surface area (Å²) < 4.78 is 3.98. The second-order valence-electron chi connectivity index (χ2n) is 8.02. The zero-order valence-corrected chi connectivity index (χ0v) is 18.2. The summed E-state index contributed by atoms with van der Waals surface area (Å²) >= 11 is 0. The van der Waals surface area contributed by atoms with E-state index in [4.69, 9.17) is 0 Å². The lowest BCUT2D eigenvalue weighted by Gasteiger charge is -2.23. The van der Waals surface area contributed by atoms with Crippen molar-refractivity contribution in [1.29, 1.82) is 0 Å². The lowest BCUT2D eigenvalue weighted by molar-refractivity contribution is 0.305. The Morgan fingerprint density at radius 3 is 2.60 bits per heavy atom. The molecule has 0 spiro atoms. The van der Waals surface area contributed by atoms with Gasteiger partial charge in [-0.2, -0.15) is 0 Å².